The summed E-state index contributed by atoms with van der Waals surface area (Å²) in [5, 5.41) is 9.00. The van der Waals surface area contributed by atoms with Gasteiger partial charge in [0.1, 0.15) is 11.4 Å². The van der Waals surface area contributed by atoms with Crippen molar-refractivity contribution in [3.8, 4) is 6.07 Å². The number of nitrogen functional groups attached to an aromatic ring is 1. The van der Waals surface area contributed by atoms with Crippen molar-refractivity contribution in [1.82, 2.24) is 14.0 Å². The number of Topliss-reactive ketones (excluding diaryl/α,β-unsaturated/α-hetero) is 1. The number of hydrogen-bond acceptors (Lipinski definition) is 7. The number of rotatable bonds is 6. The third kappa shape index (κ3) is 5.18. The number of nitrogens with two attached hydrogens (primary N) is 1. The molecule has 2 aromatic carbocycles. The lowest BCUT2D eigenvalue weighted by Gasteiger charge is -2.23. The van der Waals surface area contributed by atoms with E-state index in [0.717, 1.165) is 28.8 Å². The van der Waals surface area contributed by atoms with Crippen LogP contribution < -0.4 is 21.9 Å². The lowest BCUT2D eigenvalue weighted by molar-refractivity contribution is 0.0933. The van der Waals surface area contributed by atoms with E-state index < -0.39 is 17.0 Å². The van der Waals surface area contributed by atoms with Crippen LogP contribution in [-0.4, -0.2) is 52.5 Å². The number of aromatic nitrogens is 2. The molecule has 1 saturated heterocycles. The number of nitrogens with zero attached hydrogens (tertiary/aromatic N) is 5. The predicted molar refractivity (Wildman–Crippen MR) is 135 cm³/mol. The van der Waals surface area contributed by atoms with Gasteiger partial charge in [-0.25, -0.2) is 4.79 Å². The van der Waals surface area contributed by atoms with E-state index in [0.29, 0.717) is 25.2 Å². The maximum atomic E-state index is 13.3. The van der Waals surface area contributed by atoms with Crippen molar-refractivity contribution in [2.45, 2.75) is 13.0 Å². The van der Waals surface area contributed by atoms with E-state index in [1.165, 1.54) is 11.6 Å². The van der Waals surface area contributed by atoms with Gasteiger partial charge in [0, 0.05) is 38.9 Å². The Morgan fingerprint density at radius 1 is 1.00 bits per heavy atom. The second-order valence-electron chi connectivity index (χ2n) is 8.68. The largest absolute Gasteiger partial charge is 0.384 e. The minimum atomic E-state index is -0.671. The molecule has 0 aliphatic carbocycles. The molecule has 1 aliphatic rings. The zero-order valence-corrected chi connectivity index (χ0v) is 19.7. The summed E-state index contributed by atoms with van der Waals surface area (Å²) in [4.78, 5) is 43.1. The van der Waals surface area contributed by atoms with Crippen LogP contribution in [0.1, 0.15) is 27.9 Å². The highest BCUT2D eigenvalue weighted by molar-refractivity contribution is 6.01. The van der Waals surface area contributed by atoms with Crippen LogP contribution >= 0.6 is 0 Å². The van der Waals surface area contributed by atoms with Gasteiger partial charge in [0.2, 0.25) is 0 Å². The first-order valence-electron chi connectivity index (χ1n) is 11.5. The Balaban J connectivity index is 1.52. The molecule has 2 heterocycles. The highest BCUT2D eigenvalue weighted by Gasteiger charge is 2.24. The molecule has 2 N–H and O–H groups in total. The van der Waals surface area contributed by atoms with Gasteiger partial charge < -0.3 is 10.6 Å². The molecule has 0 bridgehead atoms. The molecule has 9 heteroatoms. The predicted octanol–water partition coefficient (Wildman–Crippen LogP) is 1.44. The van der Waals surface area contributed by atoms with Gasteiger partial charge in [0.15, 0.2) is 5.78 Å². The maximum absolute atomic E-state index is 13.3. The van der Waals surface area contributed by atoms with Gasteiger partial charge in [0.05, 0.1) is 24.7 Å². The third-order valence-electron chi connectivity index (χ3n) is 6.36. The van der Waals surface area contributed by atoms with Crippen molar-refractivity contribution >= 4 is 17.3 Å². The van der Waals surface area contributed by atoms with Crippen molar-refractivity contribution in [3.63, 3.8) is 0 Å². The van der Waals surface area contributed by atoms with Gasteiger partial charge in [-0.3, -0.25) is 23.6 Å². The number of carbonyl (C=O) groups excluding carboxylic acids is 1. The van der Waals surface area contributed by atoms with Crippen LogP contribution in [0.3, 0.4) is 0 Å². The van der Waals surface area contributed by atoms with Crippen LogP contribution in [0.25, 0.3) is 0 Å². The Morgan fingerprint density at radius 2 is 1.71 bits per heavy atom. The molecule has 0 amide bonds. The van der Waals surface area contributed by atoms with Gasteiger partial charge in [-0.1, -0.05) is 30.3 Å². The van der Waals surface area contributed by atoms with Crippen LogP contribution in [0.4, 0.5) is 11.5 Å². The van der Waals surface area contributed by atoms with Gasteiger partial charge in [-0.05, 0) is 36.2 Å². The zero-order chi connectivity index (χ0) is 24.9. The lowest BCUT2D eigenvalue weighted by atomic mass is 10.1. The molecule has 0 spiro atoms. The summed E-state index contributed by atoms with van der Waals surface area (Å²) in [5.41, 5.74) is 7.36. The van der Waals surface area contributed by atoms with Crippen molar-refractivity contribution in [3.05, 3.63) is 92.1 Å². The summed E-state index contributed by atoms with van der Waals surface area (Å²) >= 11 is 0. The molecule has 1 aliphatic heterocycles. The topological polar surface area (TPSA) is 117 Å². The standard InChI is InChI=1S/C26H28N6O3/c1-29-25(34)23(24(28)32(26(29)35)17-20-6-3-2-4-7-20)22(33)18-30-12-5-13-31(15-14-30)21-10-8-19(16-27)9-11-21/h2-4,6-11H,5,12-15,17-18,28H2,1H3. The van der Waals surface area contributed by atoms with Crippen molar-refractivity contribution in [1.29, 1.82) is 5.26 Å². The van der Waals surface area contributed by atoms with E-state index in [-0.39, 0.29) is 24.5 Å². The monoisotopic (exact) mass is 472 g/mol. The van der Waals surface area contributed by atoms with Crippen molar-refractivity contribution in [2.24, 2.45) is 7.05 Å². The fourth-order valence-electron chi connectivity index (χ4n) is 4.38. The van der Waals surface area contributed by atoms with E-state index in [2.05, 4.69) is 11.0 Å². The Bertz CT molecular complexity index is 1370. The van der Waals surface area contributed by atoms with E-state index in [4.69, 9.17) is 11.0 Å². The van der Waals surface area contributed by atoms with Gasteiger partial charge >= 0.3 is 5.69 Å². The lowest BCUT2D eigenvalue weighted by Crippen LogP contribution is -2.44. The van der Waals surface area contributed by atoms with Crippen molar-refractivity contribution < 1.29 is 4.79 Å². The summed E-state index contributed by atoms with van der Waals surface area (Å²) in [6, 6.07) is 18.9. The third-order valence-corrected chi connectivity index (χ3v) is 6.36. The fourth-order valence-corrected chi connectivity index (χ4v) is 4.38. The molecule has 35 heavy (non-hydrogen) atoms. The average Bonchev–Trinajstić information content (AvgIpc) is 3.11. The SMILES string of the molecule is Cn1c(=O)c(C(=O)CN2CCCN(c3ccc(C#N)cc3)CC2)c(N)n(Cc2ccccc2)c1=O. The molecule has 0 unspecified atom stereocenters. The average molecular weight is 473 g/mol. The number of benzene rings is 2. The van der Waals surface area contributed by atoms with E-state index in [1.807, 2.05) is 47.4 Å². The highest BCUT2D eigenvalue weighted by Crippen LogP contribution is 2.18. The first-order chi connectivity index (χ1) is 16.9. The Hall–Kier alpha value is -4.16. The summed E-state index contributed by atoms with van der Waals surface area (Å²) in [5.74, 6) is -0.488. The number of nitriles is 1. The van der Waals surface area contributed by atoms with Gasteiger partial charge in [-0.2, -0.15) is 5.26 Å². The second kappa shape index (κ2) is 10.4. The fraction of sp³-hybridized carbons (Fsp3) is 0.308. The minimum absolute atomic E-state index is 0.0458. The summed E-state index contributed by atoms with van der Waals surface area (Å²) in [6.45, 7) is 3.08. The van der Waals surface area contributed by atoms with E-state index in [1.54, 1.807) is 12.1 Å². The second-order valence-corrected chi connectivity index (χ2v) is 8.68. The number of carbonyl (C=O) groups is 1. The van der Waals surface area contributed by atoms with Gasteiger partial charge in [-0.15, -0.1) is 0 Å². The molecule has 1 aromatic heterocycles. The van der Waals surface area contributed by atoms with Crippen LogP contribution in [0.2, 0.25) is 0 Å². The minimum Gasteiger partial charge on any atom is -0.384 e. The molecule has 0 atom stereocenters. The summed E-state index contributed by atoms with van der Waals surface area (Å²) < 4.78 is 2.22. The summed E-state index contributed by atoms with van der Waals surface area (Å²) in [6.07, 6.45) is 0.842. The maximum Gasteiger partial charge on any atom is 0.332 e. The first kappa shape index (κ1) is 24.0. The summed E-state index contributed by atoms with van der Waals surface area (Å²) in [7, 11) is 1.36. The molecular weight excluding hydrogens is 444 g/mol. The smallest absolute Gasteiger partial charge is 0.332 e. The van der Waals surface area contributed by atoms with Crippen LogP contribution in [-0.2, 0) is 13.6 Å². The van der Waals surface area contributed by atoms with Crippen LogP contribution in [0, 0.1) is 11.3 Å². The molecule has 1 fully saturated rings. The van der Waals surface area contributed by atoms with E-state index >= 15 is 0 Å². The van der Waals surface area contributed by atoms with Crippen LogP contribution in [0.15, 0.2) is 64.2 Å². The van der Waals surface area contributed by atoms with Crippen molar-refractivity contribution in [2.75, 3.05) is 43.4 Å². The molecule has 4 rings (SSSR count). The number of ketones is 1. The normalized spacial score (nSPS) is 14.3. The van der Waals surface area contributed by atoms with Gasteiger partial charge in [0.25, 0.3) is 5.56 Å². The molecule has 3 aromatic rings. The highest BCUT2D eigenvalue weighted by atomic mass is 16.2. The molecule has 0 saturated carbocycles. The Morgan fingerprint density at radius 3 is 2.40 bits per heavy atom. The molecular formula is C26H28N6O3. The molecule has 0 radical (unpaired) electrons. The zero-order valence-electron chi connectivity index (χ0n) is 19.7. The van der Waals surface area contributed by atoms with Crippen LogP contribution in [0.5, 0.6) is 0 Å². The molecule has 180 valence electrons. The Labute approximate surface area is 203 Å². The Kier molecular flexibility index (Phi) is 7.13. The number of hydrogen-bond donors (Lipinski definition) is 1. The number of anilines is 2. The first-order valence-corrected chi connectivity index (χ1v) is 11.5. The van der Waals surface area contributed by atoms with E-state index in [9.17, 15) is 14.4 Å². The molecule has 9 nitrogen and oxygen atoms in total. The quantitative estimate of drug-likeness (QED) is 0.540.